The Morgan fingerprint density at radius 3 is 1.73 bits per heavy atom. The maximum absolute atomic E-state index is 2.59. The van der Waals surface area contributed by atoms with E-state index in [0.717, 1.165) is 11.8 Å². The van der Waals surface area contributed by atoms with Crippen molar-refractivity contribution < 1.29 is 0 Å². The van der Waals surface area contributed by atoms with E-state index in [1.54, 1.807) is 11.1 Å². The summed E-state index contributed by atoms with van der Waals surface area (Å²) in [7, 11) is 0. The molecule has 0 saturated heterocycles. The van der Waals surface area contributed by atoms with Crippen LogP contribution >= 0.6 is 0 Å². The Hall–Kier alpha value is -0.520. The highest BCUT2D eigenvalue weighted by Crippen LogP contribution is 2.45. The van der Waals surface area contributed by atoms with E-state index in [0.29, 0.717) is 0 Å². The predicted molar refractivity (Wildman–Crippen MR) is 66.8 cm³/mol. The molecule has 2 rings (SSSR count). The number of unbranched alkanes of at least 4 members (excludes halogenated alkanes) is 2. The van der Waals surface area contributed by atoms with Crippen LogP contribution in [0.25, 0.3) is 0 Å². The summed E-state index contributed by atoms with van der Waals surface area (Å²) in [5.41, 5.74) is 3.50. The molecule has 0 fully saturated rings. The molecule has 0 heterocycles. The second-order valence-corrected chi connectivity index (χ2v) is 5.14. The van der Waals surface area contributed by atoms with Crippen molar-refractivity contribution in [2.45, 2.75) is 58.8 Å². The van der Waals surface area contributed by atoms with Crippen molar-refractivity contribution in [1.29, 1.82) is 0 Å². The third-order valence-corrected chi connectivity index (χ3v) is 3.93. The Kier molecular flexibility index (Phi) is 3.66. The van der Waals surface area contributed by atoms with Crippen LogP contribution in [-0.2, 0) is 0 Å². The second-order valence-electron chi connectivity index (χ2n) is 5.14. The number of hydrogen-bond acceptors (Lipinski definition) is 0. The van der Waals surface area contributed by atoms with E-state index in [9.17, 15) is 0 Å². The molecule has 0 spiro atoms. The number of hydrogen-bond donors (Lipinski definition) is 0. The van der Waals surface area contributed by atoms with Crippen LogP contribution in [0, 0.1) is 11.8 Å². The van der Waals surface area contributed by atoms with Gasteiger partial charge in [-0.2, -0.15) is 0 Å². The standard InChI is InChI=1S/C15H24/c1-3-5-7-12-9-15-11-14(12)10-13(15)8-6-4-2/h9-10,14-15H,3-8,11H2,1-2H3/t14-,15-/m1/s1. The molecule has 84 valence electrons. The van der Waals surface area contributed by atoms with Crippen molar-refractivity contribution in [2.24, 2.45) is 11.8 Å². The van der Waals surface area contributed by atoms with Crippen LogP contribution in [0.1, 0.15) is 58.8 Å². The van der Waals surface area contributed by atoms with Crippen molar-refractivity contribution in [3.05, 3.63) is 23.3 Å². The lowest BCUT2D eigenvalue weighted by Crippen LogP contribution is -1.96. The minimum Gasteiger partial charge on any atom is -0.0775 e. The van der Waals surface area contributed by atoms with Gasteiger partial charge in [-0.1, -0.05) is 50.0 Å². The van der Waals surface area contributed by atoms with Crippen LogP contribution in [-0.4, -0.2) is 0 Å². The van der Waals surface area contributed by atoms with Gasteiger partial charge in [0.05, 0.1) is 0 Å². The molecule has 0 amide bonds. The van der Waals surface area contributed by atoms with Crippen molar-refractivity contribution in [2.75, 3.05) is 0 Å². The average Bonchev–Trinajstić information content (AvgIpc) is 2.82. The smallest absolute Gasteiger partial charge is 0.00115 e. The van der Waals surface area contributed by atoms with Crippen LogP contribution in [0.2, 0.25) is 0 Å². The Bertz CT molecular complexity index is 242. The molecule has 0 saturated carbocycles. The minimum atomic E-state index is 0.841. The molecule has 2 aliphatic carbocycles. The van der Waals surface area contributed by atoms with Crippen molar-refractivity contribution in [3.63, 3.8) is 0 Å². The van der Waals surface area contributed by atoms with Crippen LogP contribution in [0.3, 0.4) is 0 Å². The van der Waals surface area contributed by atoms with Gasteiger partial charge in [-0.15, -0.1) is 0 Å². The predicted octanol–water partition coefficient (Wildman–Crippen LogP) is 4.87. The summed E-state index contributed by atoms with van der Waals surface area (Å²) in [6.07, 6.45) is 14.7. The van der Waals surface area contributed by atoms with Gasteiger partial charge in [0.2, 0.25) is 0 Å². The van der Waals surface area contributed by atoms with Gasteiger partial charge in [0, 0.05) is 0 Å². The zero-order valence-electron chi connectivity index (χ0n) is 10.3. The van der Waals surface area contributed by atoms with Crippen molar-refractivity contribution in [1.82, 2.24) is 0 Å². The van der Waals surface area contributed by atoms with E-state index in [4.69, 9.17) is 0 Å². The van der Waals surface area contributed by atoms with Crippen molar-refractivity contribution in [3.8, 4) is 0 Å². The van der Waals surface area contributed by atoms with E-state index < -0.39 is 0 Å². The van der Waals surface area contributed by atoms with E-state index >= 15 is 0 Å². The third kappa shape index (κ3) is 2.35. The molecule has 2 aliphatic rings. The van der Waals surface area contributed by atoms with E-state index in [-0.39, 0.29) is 0 Å². The zero-order chi connectivity index (χ0) is 10.7. The highest BCUT2D eigenvalue weighted by Gasteiger charge is 2.32. The maximum Gasteiger partial charge on any atom is -0.00115 e. The highest BCUT2D eigenvalue weighted by molar-refractivity contribution is 5.35. The summed E-state index contributed by atoms with van der Waals surface area (Å²) in [6, 6.07) is 0. The van der Waals surface area contributed by atoms with Gasteiger partial charge in [-0.25, -0.2) is 0 Å². The lowest BCUT2D eigenvalue weighted by molar-refractivity contribution is 0.653. The number of fused-ring (bicyclic) bond motifs is 2. The molecule has 0 aromatic heterocycles. The summed E-state index contributed by atoms with van der Waals surface area (Å²) in [5, 5.41) is 0. The van der Waals surface area contributed by atoms with Gasteiger partial charge in [0.1, 0.15) is 0 Å². The summed E-state index contributed by atoms with van der Waals surface area (Å²) in [5.74, 6) is 1.68. The van der Waals surface area contributed by atoms with Gasteiger partial charge in [-0.05, 0) is 43.9 Å². The van der Waals surface area contributed by atoms with E-state index in [2.05, 4.69) is 26.0 Å². The van der Waals surface area contributed by atoms with E-state index in [1.807, 2.05) is 0 Å². The molecule has 0 radical (unpaired) electrons. The van der Waals surface area contributed by atoms with Crippen LogP contribution in [0.15, 0.2) is 23.3 Å². The summed E-state index contributed by atoms with van der Waals surface area (Å²) in [4.78, 5) is 0. The molecular formula is C15H24. The Labute approximate surface area is 94.5 Å². The lowest BCUT2D eigenvalue weighted by atomic mass is 9.93. The molecular weight excluding hydrogens is 180 g/mol. The fraction of sp³-hybridized carbons (Fsp3) is 0.733. The molecule has 0 aliphatic heterocycles. The first-order chi connectivity index (χ1) is 7.35. The largest absolute Gasteiger partial charge is 0.0775 e. The first-order valence-electron chi connectivity index (χ1n) is 6.76. The topological polar surface area (TPSA) is 0 Å². The molecule has 2 bridgehead atoms. The molecule has 0 nitrogen and oxygen atoms in total. The first kappa shape index (κ1) is 11.0. The zero-order valence-corrected chi connectivity index (χ0v) is 10.3. The fourth-order valence-electron chi connectivity index (χ4n) is 2.99. The maximum atomic E-state index is 2.59. The second kappa shape index (κ2) is 5.01. The SMILES string of the molecule is CCCCC1=C[C@@H]2C[C@H]1C=C2CCCC. The lowest BCUT2D eigenvalue weighted by Gasteiger charge is -2.13. The Morgan fingerprint density at radius 1 is 0.933 bits per heavy atom. The van der Waals surface area contributed by atoms with Gasteiger partial charge in [0.25, 0.3) is 0 Å². The molecule has 0 heteroatoms. The number of allylic oxidation sites excluding steroid dienone is 4. The Balaban J connectivity index is 1.86. The van der Waals surface area contributed by atoms with Gasteiger partial charge >= 0.3 is 0 Å². The summed E-state index contributed by atoms with van der Waals surface area (Å²) >= 11 is 0. The van der Waals surface area contributed by atoms with Crippen LogP contribution in [0.4, 0.5) is 0 Å². The third-order valence-electron chi connectivity index (χ3n) is 3.93. The highest BCUT2D eigenvalue weighted by atomic mass is 14.4. The normalized spacial score (nSPS) is 28.1. The Morgan fingerprint density at radius 2 is 1.40 bits per heavy atom. The summed E-state index contributed by atoms with van der Waals surface area (Å²) in [6.45, 7) is 4.58. The first-order valence-corrected chi connectivity index (χ1v) is 6.76. The minimum absolute atomic E-state index is 0.841. The molecule has 0 aromatic carbocycles. The average molecular weight is 204 g/mol. The van der Waals surface area contributed by atoms with Gasteiger partial charge < -0.3 is 0 Å². The van der Waals surface area contributed by atoms with Crippen molar-refractivity contribution >= 4 is 0 Å². The van der Waals surface area contributed by atoms with Crippen LogP contribution < -0.4 is 0 Å². The molecule has 0 N–H and O–H groups in total. The molecule has 0 unspecified atom stereocenters. The quantitative estimate of drug-likeness (QED) is 0.541. The molecule has 15 heavy (non-hydrogen) atoms. The number of rotatable bonds is 6. The molecule has 0 aromatic rings. The van der Waals surface area contributed by atoms with E-state index in [1.165, 1.54) is 44.9 Å². The van der Waals surface area contributed by atoms with Gasteiger partial charge in [-0.3, -0.25) is 0 Å². The summed E-state index contributed by atoms with van der Waals surface area (Å²) < 4.78 is 0. The fourth-order valence-corrected chi connectivity index (χ4v) is 2.99. The van der Waals surface area contributed by atoms with Crippen LogP contribution in [0.5, 0.6) is 0 Å². The molecule has 2 atom stereocenters. The monoisotopic (exact) mass is 204 g/mol. The van der Waals surface area contributed by atoms with Gasteiger partial charge in [0.15, 0.2) is 0 Å².